The van der Waals surface area contributed by atoms with Crippen molar-refractivity contribution < 1.29 is 28.0 Å². The number of hydrogen-bond acceptors (Lipinski definition) is 5. The van der Waals surface area contributed by atoms with Gasteiger partial charge < -0.3 is 15.1 Å². The summed E-state index contributed by atoms with van der Waals surface area (Å²) in [5, 5.41) is 21.9. The van der Waals surface area contributed by atoms with Crippen LogP contribution in [0, 0.1) is 46.3 Å². The molecule has 0 heterocycles. The van der Waals surface area contributed by atoms with Crippen molar-refractivity contribution >= 4 is 16.0 Å². The second-order valence-corrected chi connectivity index (χ2v) is 16.7. The minimum atomic E-state index is -4.11. The summed E-state index contributed by atoms with van der Waals surface area (Å²) in [4.78, 5) is 15.2. The summed E-state index contributed by atoms with van der Waals surface area (Å²) in [6.45, 7) is 7.31. The Kier molecular flexibility index (Phi) is 9.04. The fraction of sp³-hybridized carbons (Fsp3) is 0.969. The molecule has 230 valence electrons. The van der Waals surface area contributed by atoms with E-state index in [9.17, 15) is 28.0 Å². The Morgan fingerprint density at radius 2 is 1.60 bits per heavy atom. The van der Waals surface area contributed by atoms with Crippen LogP contribution < -0.4 is 0 Å². The summed E-state index contributed by atoms with van der Waals surface area (Å²) in [7, 11) is -4.11. The molecule has 10 atom stereocenters. The second kappa shape index (κ2) is 11.8. The summed E-state index contributed by atoms with van der Waals surface area (Å²) < 4.78 is 32.3. The molecule has 7 nitrogen and oxygen atoms in total. The van der Waals surface area contributed by atoms with Crippen LogP contribution in [0.4, 0.5) is 0 Å². The van der Waals surface area contributed by atoms with E-state index in [0.29, 0.717) is 41.9 Å². The molecule has 0 aromatic rings. The molecule has 0 spiro atoms. The maximum atomic E-state index is 13.5. The summed E-state index contributed by atoms with van der Waals surface area (Å²) >= 11 is 0. The average Bonchev–Trinajstić information content (AvgIpc) is 3.25. The molecule has 5 saturated carbocycles. The van der Waals surface area contributed by atoms with Gasteiger partial charge in [-0.2, -0.15) is 8.42 Å². The van der Waals surface area contributed by atoms with Gasteiger partial charge in [0, 0.05) is 19.0 Å². The van der Waals surface area contributed by atoms with Gasteiger partial charge in [0.2, 0.25) is 5.91 Å². The third-order valence-corrected chi connectivity index (χ3v) is 13.9. The predicted octanol–water partition coefficient (Wildman–Crippen LogP) is 5.44. The molecule has 0 bridgehead atoms. The molecule has 5 aliphatic carbocycles. The molecule has 0 saturated heterocycles. The van der Waals surface area contributed by atoms with E-state index in [1.807, 2.05) is 0 Å². The SMILES string of the molecule is CC(CCC(=O)N(CCS(=O)(=O)O)C1CCCCC1)C1CCC2C3C(CC[C@]12C)[C@@]1(C)CC[C@@H](O)C[C@H]1C[C@@H]3O. The molecule has 1 amide bonds. The molecule has 0 aromatic carbocycles. The van der Waals surface area contributed by atoms with Crippen molar-refractivity contribution in [1.29, 1.82) is 0 Å². The number of rotatable bonds is 8. The van der Waals surface area contributed by atoms with Gasteiger partial charge in [-0.15, -0.1) is 0 Å². The van der Waals surface area contributed by atoms with Crippen LogP contribution in [0.15, 0.2) is 0 Å². The Morgan fingerprint density at radius 3 is 2.30 bits per heavy atom. The Labute approximate surface area is 242 Å². The van der Waals surface area contributed by atoms with Crippen molar-refractivity contribution in [3.8, 4) is 0 Å². The number of aliphatic hydroxyl groups is 2. The van der Waals surface area contributed by atoms with Gasteiger partial charge in [0.1, 0.15) is 0 Å². The van der Waals surface area contributed by atoms with Crippen LogP contribution in [0.25, 0.3) is 0 Å². The first-order valence-electron chi connectivity index (χ1n) is 16.4. The van der Waals surface area contributed by atoms with Crippen molar-refractivity contribution in [2.75, 3.05) is 12.3 Å². The lowest BCUT2D eigenvalue weighted by molar-refractivity contribution is -0.174. The number of carbonyl (C=O) groups is 1. The number of hydrogen-bond donors (Lipinski definition) is 3. The zero-order valence-electron chi connectivity index (χ0n) is 25.1. The number of amides is 1. The summed E-state index contributed by atoms with van der Waals surface area (Å²) in [6.07, 6.45) is 14.1. The molecule has 5 rings (SSSR count). The van der Waals surface area contributed by atoms with Crippen LogP contribution in [-0.2, 0) is 14.9 Å². The Balaban J connectivity index is 1.24. The molecule has 0 radical (unpaired) electrons. The molecular formula is C32H55NO6S. The second-order valence-electron chi connectivity index (χ2n) is 15.1. The minimum absolute atomic E-state index is 0.0342. The minimum Gasteiger partial charge on any atom is -0.393 e. The average molecular weight is 582 g/mol. The zero-order valence-corrected chi connectivity index (χ0v) is 26.0. The first-order valence-corrected chi connectivity index (χ1v) is 18.0. The number of nitrogens with zero attached hydrogens (tertiary/aromatic N) is 1. The Hall–Kier alpha value is -0.700. The maximum absolute atomic E-state index is 13.5. The van der Waals surface area contributed by atoms with Gasteiger partial charge in [0.25, 0.3) is 10.1 Å². The van der Waals surface area contributed by atoms with E-state index in [1.54, 1.807) is 4.90 Å². The smallest absolute Gasteiger partial charge is 0.266 e. The van der Waals surface area contributed by atoms with E-state index >= 15 is 0 Å². The fourth-order valence-electron chi connectivity index (χ4n) is 11.0. The number of aliphatic hydroxyl groups excluding tert-OH is 2. The van der Waals surface area contributed by atoms with Gasteiger partial charge in [0.15, 0.2) is 0 Å². The van der Waals surface area contributed by atoms with Crippen LogP contribution in [0.1, 0.15) is 117 Å². The van der Waals surface area contributed by atoms with Crippen molar-refractivity contribution in [1.82, 2.24) is 4.90 Å². The highest BCUT2D eigenvalue weighted by Gasteiger charge is 2.62. The molecule has 3 N–H and O–H groups in total. The molecule has 5 fully saturated rings. The van der Waals surface area contributed by atoms with Crippen LogP contribution in [0.5, 0.6) is 0 Å². The monoisotopic (exact) mass is 581 g/mol. The summed E-state index contributed by atoms with van der Waals surface area (Å²) in [5.74, 6) is 2.38. The molecule has 5 aliphatic rings. The fourth-order valence-corrected chi connectivity index (χ4v) is 11.4. The first kappa shape index (κ1) is 30.7. The van der Waals surface area contributed by atoms with Crippen LogP contribution >= 0.6 is 0 Å². The number of fused-ring (bicyclic) bond motifs is 5. The lowest BCUT2D eigenvalue weighted by Crippen LogP contribution is -2.58. The predicted molar refractivity (Wildman–Crippen MR) is 156 cm³/mol. The number of carbonyl (C=O) groups excluding carboxylic acids is 1. The van der Waals surface area contributed by atoms with Crippen molar-refractivity contribution in [3.63, 3.8) is 0 Å². The third-order valence-electron chi connectivity index (χ3n) is 13.2. The highest BCUT2D eigenvalue weighted by atomic mass is 32.2. The van der Waals surface area contributed by atoms with Crippen LogP contribution in [-0.4, -0.2) is 64.5 Å². The zero-order chi connectivity index (χ0) is 28.9. The lowest BCUT2D eigenvalue weighted by Gasteiger charge is -2.62. The standard InChI is InChI=1S/C32H55NO6S/c1-21(9-12-29(36)33(17-18-40(37,38)39)23-7-5-4-6-8-23)25-10-11-26-30-27(14-16-32(25,26)3)31(2)15-13-24(34)19-22(31)20-28(30)35/h21-28,30,34-35H,4-20H2,1-3H3,(H,37,38,39)/t21?,22-,24+,25?,26?,27?,28-,30?,31-,32+/m0/s1. The van der Waals surface area contributed by atoms with E-state index in [-0.39, 0.29) is 41.5 Å². The van der Waals surface area contributed by atoms with Gasteiger partial charge in [-0.05, 0) is 117 Å². The van der Waals surface area contributed by atoms with Crippen LogP contribution in [0.2, 0.25) is 0 Å². The van der Waals surface area contributed by atoms with Gasteiger partial charge >= 0.3 is 0 Å². The Morgan fingerprint density at radius 1 is 0.925 bits per heavy atom. The molecule has 8 heteroatoms. The van der Waals surface area contributed by atoms with E-state index in [2.05, 4.69) is 20.8 Å². The maximum Gasteiger partial charge on any atom is 0.266 e. The van der Waals surface area contributed by atoms with Crippen molar-refractivity contribution in [3.05, 3.63) is 0 Å². The van der Waals surface area contributed by atoms with E-state index in [1.165, 1.54) is 6.42 Å². The molecule has 0 aliphatic heterocycles. The molecule has 0 aromatic heterocycles. The third kappa shape index (κ3) is 5.90. The van der Waals surface area contributed by atoms with Crippen LogP contribution in [0.3, 0.4) is 0 Å². The highest BCUT2D eigenvalue weighted by Crippen LogP contribution is 2.68. The molecular weight excluding hydrogens is 526 g/mol. The normalized spacial score (nSPS) is 42.9. The summed E-state index contributed by atoms with van der Waals surface area (Å²) in [5.41, 5.74) is 0.404. The van der Waals surface area contributed by atoms with Gasteiger partial charge in [-0.1, -0.05) is 40.0 Å². The van der Waals surface area contributed by atoms with Crippen molar-refractivity contribution in [2.45, 2.75) is 135 Å². The largest absolute Gasteiger partial charge is 0.393 e. The quantitative estimate of drug-likeness (QED) is 0.329. The molecule has 5 unspecified atom stereocenters. The van der Waals surface area contributed by atoms with Crippen molar-refractivity contribution in [2.24, 2.45) is 46.3 Å². The molecule has 40 heavy (non-hydrogen) atoms. The topological polar surface area (TPSA) is 115 Å². The van der Waals surface area contributed by atoms with E-state index in [0.717, 1.165) is 83.5 Å². The summed E-state index contributed by atoms with van der Waals surface area (Å²) in [6, 6.07) is 0.0841. The van der Waals surface area contributed by atoms with E-state index in [4.69, 9.17) is 0 Å². The highest BCUT2D eigenvalue weighted by molar-refractivity contribution is 7.85. The van der Waals surface area contributed by atoms with Gasteiger partial charge in [-0.3, -0.25) is 9.35 Å². The first-order chi connectivity index (χ1) is 18.8. The lowest BCUT2D eigenvalue weighted by atomic mass is 9.43. The van der Waals surface area contributed by atoms with E-state index < -0.39 is 15.9 Å². The van der Waals surface area contributed by atoms with Gasteiger partial charge in [0.05, 0.1) is 18.0 Å². The van der Waals surface area contributed by atoms with Gasteiger partial charge in [-0.25, -0.2) is 0 Å². The Bertz CT molecular complexity index is 1010.